The lowest BCUT2D eigenvalue weighted by atomic mass is 10.2. The maximum Gasteiger partial charge on any atom is 0.337 e. The predicted molar refractivity (Wildman–Crippen MR) is 68.7 cm³/mol. The molecule has 0 spiro atoms. The minimum atomic E-state index is -1.10. The van der Waals surface area contributed by atoms with Crippen molar-refractivity contribution in [2.75, 3.05) is 5.32 Å². The topological polar surface area (TPSA) is 75.1 Å². The lowest BCUT2D eigenvalue weighted by Gasteiger charge is -2.07. The number of rotatable bonds is 3. The number of benzene rings is 1. The highest BCUT2D eigenvalue weighted by Gasteiger charge is 2.10. The number of carboxylic acid groups (broad SMARTS) is 1. The zero-order chi connectivity index (χ0) is 13.1. The van der Waals surface area contributed by atoms with Crippen LogP contribution in [0.15, 0.2) is 30.6 Å². The predicted octanol–water partition coefficient (Wildman–Crippen LogP) is 3.23. The number of hydrogen-bond acceptors (Lipinski definition) is 4. The molecule has 1 aromatic heterocycles. The molecular formula is C11H7Cl2N3O2. The van der Waals surface area contributed by atoms with Crippen LogP contribution in [0, 0.1) is 0 Å². The normalized spacial score (nSPS) is 10.1. The second-order valence-electron chi connectivity index (χ2n) is 3.32. The van der Waals surface area contributed by atoms with Crippen molar-refractivity contribution < 1.29 is 9.90 Å². The maximum atomic E-state index is 10.9. The zero-order valence-corrected chi connectivity index (χ0v) is 10.4. The van der Waals surface area contributed by atoms with Crippen LogP contribution in [0.3, 0.4) is 0 Å². The Kier molecular flexibility index (Phi) is 3.64. The number of halogens is 2. The van der Waals surface area contributed by atoms with E-state index >= 15 is 0 Å². The molecule has 0 fully saturated rings. The van der Waals surface area contributed by atoms with Crippen LogP contribution in [0.25, 0.3) is 0 Å². The van der Waals surface area contributed by atoms with E-state index in [4.69, 9.17) is 28.3 Å². The molecule has 0 radical (unpaired) electrons. The Hall–Kier alpha value is -1.85. The van der Waals surface area contributed by atoms with E-state index in [1.165, 1.54) is 24.5 Å². The van der Waals surface area contributed by atoms with Crippen molar-refractivity contribution in [3.8, 4) is 0 Å². The summed E-state index contributed by atoms with van der Waals surface area (Å²) in [7, 11) is 0. The maximum absolute atomic E-state index is 10.9. The summed E-state index contributed by atoms with van der Waals surface area (Å²) in [5.41, 5.74) is 0.515. The first-order chi connectivity index (χ1) is 8.58. The Bertz CT molecular complexity index is 605. The van der Waals surface area contributed by atoms with Crippen LogP contribution in [-0.2, 0) is 0 Å². The van der Waals surface area contributed by atoms with Gasteiger partial charge in [-0.2, -0.15) is 0 Å². The third kappa shape index (κ3) is 2.69. The summed E-state index contributed by atoms with van der Waals surface area (Å²) in [6.45, 7) is 0. The smallest absolute Gasteiger partial charge is 0.337 e. The molecule has 2 aromatic rings. The molecule has 0 amide bonds. The molecule has 0 saturated heterocycles. The fourth-order valence-corrected chi connectivity index (χ4v) is 1.66. The minimum Gasteiger partial charge on any atom is -0.478 e. The van der Waals surface area contributed by atoms with Crippen molar-refractivity contribution in [2.24, 2.45) is 0 Å². The Balaban J connectivity index is 2.33. The quantitative estimate of drug-likeness (QED) is 0.905. The molecule has 18 heavy (non-hydrogen) atoms. The Labute approximate surface area is 112 Å². The van der Waals surface area contributed by atoms with Gasteiger partial charge in [-0.15, -0.1) is 0 Å². The summed E-state index contributed by atoms with van der Waals surface area (Å²) < 4.78 is 0. The average molecular weight is 284 g/mol. The fraction of sp³-hybridized carbons (Fsp3) is 0. The summed E-state index contributed by atoms with van der Waals surface area (Å²) >= 11 is 11.6. The van der Waals surface area contributed by atoms with Crippen LogP contribution in [0.5, 0.6) is 0 Å². The summed E-state index contributed by atoms with van der Waals surface area (Å²) in [4.78, 5) is 18.8. The highest BCUT2D eigenvalue weighted by molar-refractivity contribution is 6.33. The van der Waals surface area contributed by atoms with Crippen molar-refractivity contribution in [1.29, 1.82) is 0 Å². The molecule has 92 valence electrons. The molecule has 0 saturated carbocycles. The van der Waals surface area contributed by atoms with Gasteiger partial charge in [-0.05, 0) is 18.2 Å². The van der Waals surface area contributed by atoms with E-state index < -0.39 is 5.97 Å². The van der Waals surface area contributed by atoms with E-state index in [2.05, 4.69) is 15.3 Å². The van der Waals surface area contributed by atoms with Crippen LogP contribution >= 0.6 is 23.2 Å². The number of nitrogens with zero attached hydrogens (tertiary/aromatic N) is 2. The monoisotopic (exact) mass is 283 g/mol. The highest BCUT2D eigenvalue weighted by Crippen LogP contribution is 2.24. The summed E-state index contributed by atoms with van der Waals surface area (Å²) in [5, 5.41) is 12.2. The van der Waals surface area contributed by atoms with Crippen molar-refractivity contribution in [1.82, 2.24) is 9.97 Å². The number of hydrogen-bond donors (Lipinski definition) is 2. The van der Waals surface area contributed by atoms with Crippen molar-refractivity contribution in [2.45, 2.75) is 0 Å². The molecule has 1 aromatic carbocycles. The minimum absolute atomic E-state index is 0.00156. The van der Waals surface area contributed by atoms with Crippen molar-refractivity contribution in [3.63, 3.8) is 0 Å². The van der Waals surface area contributed by atoms with Crippen molar-refractivity contribution in [3.05, 3.63) is 46.3 Å². The second kappa shape index (κ2) is 5.20. The van der Waals surface area contributed by atoms with Crippen LogP contribution in [0.4, 0.5) is 11.5 Å². The van der Waals surface area contributed by atoms with Gasteiger partial charge in [0.05, 0.1) is 10.6 Å². The molecule has 0 aliphatic rings. The Morgan fingerprint density at radius 1 is 1.22 bits per heavy atom. The molecule has 0 unspecified atom stereocenters. The first-order valence-corrected chi connectivity index (χ1v) is 5.60. The molecule has 2 rings (SSSR count). The number of aromatic carboxylic acids is 1. The lowest BCUT2D eigenvalue weighted by Crippen LogP contribution is -2.00. The first kappa shape index (κ1) is 12.6. The molecule has 1 heterocycles. The largest absolute Gasteiger partial charge is 0.478 e. The first-order valence-electron chi connectivity index (χ1n) is 4.84. The highest BCUT2D eigenvalue weighted by atomic mass is 35.5. The van der Waals surface area contributed by atoms with E-state index in [1.54, 1.807) is 6.07 Å². The number of carbonyl (C=O) groups is 1. The number of nitrogens with one attached hydrogen (secondary N) is 1. The molecule has 0 bridgehead atoms. The molecule has 0 atom stereocenters. The van der Waals surface area contributed by atoms with E-state index in [-0.39, 0.29) is 15.7 Å². The van der Waals surface area contributed by atoms with Crippen LogP contribution in [0.1, 0.15) is 10.4 Å². The lowest BCUT2D eigenvalue weighted by molar-refractivity contribution is 0.0697. The Morgan fingerprint density at radius 3 is 2.61 bits per heavy atom. The second-order valence-corrected chi connectivity index (χ2v) is 4.09. The van der Waals surface area contributed by atoms with E-state index in [0.29, 0.717) is 11.5 Å². The number of carboxylic acids is 1. The molecule has 5 nitrogen and oxygen atoms in total. The van der Waals surface area contributed by atoms with E-state index in [9.17, 15) is 4.79 Å². The van der Waals surface area contributed by atoms with Gasteiger partial charge in [0.2, 0.25) is 0 Å². The summed E-state index contributed by atoms with van der Waals surface area (Å²) in [5.74, 6) is -0.758. The third-order valence-corrected chi connectivity index (χ3v) is 2.72. The van der Waals surface area contributed by atoms with Gasteiger partial charge >= 0.3 is 5.97 Å². The standard InChI is InChI=1S/C11H7Cl2N3O2/c12-8-2-1-6(5-7(8)11(17)18)16-10-9(13)14-3-4-15-10/h1-5H,(H,15,16)(H,17,18). The average Bonchev–Trinajstić information content (AvgIpc) is 2.34. The third-order valence-electron chi connectivity index (χ3n) is 2.11. The SMILES string of the molecule is O=C(O)c1cc(Nc2nccnc2Cl)ccc1Cl. The van der Waals surface area contributed by atoms with Gasteiger partial charge in [-0.3, -0.25) is 0 Å². The van der Waals surface area contributed by atoms with Gasteiger partial charge in [0.15, 0.2) is 11.0 Å². The van der Waals surface area contributed by atoms with Gasteiger partial charge in [0, 0.05) is 18.1 Å². The van der Waals surface area contributed by atoms with Gasteiger partial charge in [0.25, 0.3) is 0 Å². The zero-order valence-electron chi connectivity index (χ0n) is 8.89. The van der Waals surface area contributed by atoms with Gasteiger partial charge in [0.1, 0.15) is 0 Å². The van der Waals surface area contributed by atoms with Gasteiger partial charge in [-0.1, -0.05) is 23.2 Å². The molecular weight excluding hydrogens is 277 g/mol. The summed E-state index contributed by atoms with van der Waals surface area (Å²) in [6.07, 6.45) is 2.93. The van der Waals surface area contributed by atoms with Gasteiger partial charge in [-0.25, -0.2) is 14.8 Å². The summed E-state index contributed by atoms with van der Waals surface area (Å²) in [6, 6.07) is 4.51. The number of anilines is 2. The van der Waals surface area contributed by atoms with Crippen LogP contribution in [0.2, 0.25) is 10.2 Å². The van der Waals surface area contributed by atoms with Gasteiger partial charge < -0.3 is 10.4 Å². The fourth-order valence-electron chi connectivity index (χ4n) is 1.31. The molecule has 0 aliphatic carbocycles. The van der Waals surface area contributed by atoms with E-state index in [1.807, 2.05) is 0 Å². The molecule has 2 N–H and O–H groups in total. The van der Waals surface area contributed by atoms with E-state index in [0.717, 1.165) is 0 Å². The number of aromatic nitrogens is 2. The molecule has 0 aliphatic heterocycles. The van der Waals surface area contributed by atoms with Crippen molar-refractivity contribution >= 4 is 40.7 Å². The van der Waals surface area contributed by atoms with Crippen LogP contribution in [-0.4, -0.2) is 21.0 Å². The Morgan fingerprint density at radius 2 is 1.94 bits per heavy atom. The molecule has 7 heteroatoms. The van der Waals surface area contributed by atoms with Crippen LogP contribution < -0.4 is 5.32 Å².